The van der Waals surface area contributed by atoms with Gasteiger partial charge in [-0.25, -0.2) is 4.79 Å². The average molecular weight is 393 g/mol. The maximum Gasteiger partial charge on any atom is 0.357 e. The van der Waals surface area contributed by atoms with Crippen molar-refractivity contribution in [3.63, 3.8) is 0 Å². The zero-order chi connectivity index (χ0) is 17.7. The molecule has 0 radical (unpaired) electrons. The largest absolute Gasteiger partial charge is 0.478 e. The summed E-state index contributed by atoms with van der Waals surface area (Å²) in [6.45, 7) is -0.176. The molecule has 122 valence electrons. The third kappa shape index (κ3) is 3.96. The lowest BCUT2D eigenvalue weighted by molar-refractivity contribution is -0.386. The van der Waals surface area contributed by atoms with E-state index in [1.165, 1.54) is 12.2 Å². The Kier molecular flexibility index (Phi) is 5.28. The van der Waals surface area contributed by atoms with Crippen molar-refractivity contribution in [2.45, 2.75) is 0 Å². The van der Waals surface area contributed by atoms with Gasteiger partial charge < -0.3 is 9.72 Å². The van der Waals surface area contributed by atoms with Gasteiger partial charge in [-0.15, -0.1) is 0 Å². The predicted molar refractivity (Wildman–Crippen MR) is 88.5 cm³/mol. The van der Waals surface area contributed by atoms with Gasteiger partial charge in [0.15, 0.2) is 6.61 Å². The van der Waals surface area contributed by atoms with Crippen LogP contribution in [-0.4, -0.2) is 21.5 Å². The molecule has 0 atom stereocenters. The van der Waals surface area contributed by atoms with Crippen LogP contribution in [0.25, 0.3) is 12.2 Å². The minimum Gasteiger partial charge on any atom is -0.478 e. The molecule has 0 spiro atoms. The van der Waals surface area contributed by atoms with Crippen LogP contribution in [0.15, 0.2) is 32.3 Å². The van der Waals surface area contributed by atoms with Crippen LogP contribution in [0.4, 0.5) is 5.69 Å². The van der Waals surface area contributed by atoms with Gasteiger partial charge in [0.05, 0.1) is 4.92 Å². The van der Waals surface area contributed by atoms with Gasteiger partial charge in [0.2, 0.25) is 0 Å². The second kappa shape index (κ2) is 7.38. The Balaban J connectivity index is 2.51. The van der Waals surface area contributed by atoms with Crippen LogP contribution in [0, 0.1) is 21.4 Å². The Labute approximate surface area is 142 Å². The summed E-state index contributed by atoms with van der Waals surface area (Å²) in [5.41, 5.74) is -2.49. The van der Waals surface area contributed by atoms with E-state index >= 15 is 0 Å². The standard InChI is InChI=1S/C14H9BrN4O5/c15-9-2-4-11(24-6-5-16)8(7-9)1-3-10-12(19(22)23)13(20)18-14(21)17-10/h1-4,7H,6H2,(H2,17,18,20,21). The number of aromatic nitrogens is 2. The second-order valence-electron chi connectivity index (χ2n) is 4.39. The van der Waals surface area contributed by atoms with Gasteiger partial charge in [-0.1, -0.05) is 15.9 Å². The fourth-order valence-corrected chi connectivity index (χ4v) is 2.24. The molecule has 0 amide bonds. The molecule has 24 heavy (non-hydrogen) atoms. The Morgan fingerprint density at radius 1 is 1.33 bits per heavy atom. The molecule has 9 nitrogen and oxygen atoms in total. The smallest absolute Gasteiger partial charge is 0.357 e. The van der Waals surface area contributed by atoms with Gasteiger partial charge in [0.25, 0.3) is 0 Å². The highest BCUT2D eigenvalue weighted by Crippen LogP contribution is 2.25. The number of H-pyrrole nitrogens is 2. The van der Waals surface area contributed by atoms with Crippen LogP contribution in [0.2, 0.25) is 0 Å². The molecule has 0 saturated carbocycles. The number of hydrogen-bond donors (Lipinski definition) is 2. The van der Waals surface area contributed by atoms with E-state index in [1.54, 1.807) is 23.2 Å². The fourth-order valence-electron chi connectivity index (χ4n) is 1.86. The molecule has 10 heteroatoms. The number of nitriles is 1. The molecular formula is C14H9BrN4O5. The molecule has 1 aromatic heterocycles. The van der Waals surface area contributed by atoms with E-state index in [4.69, 9.17) is 10.00 Å². The Morgan fingerprint density at radius 2 is 2.08 bits per heavy atom. The van der Waals surface area contributed by atoms with Crippen molar-refractivity contribution in [1.29, 1.82) is 5.26 Å². The molecule has 2 aromatic rings. The van der Waals surface area contributed by atoms with Crippen molar-refractivity contribution >= 4 is 33.8 Å². The van der Waals surface area contributed by atoms with Crippen molar-refractivity contribution in [3.8, 4) is 11.8 Å². The number of nitrogens with one attached hydrogen (secondary N) is 2. The Morgan fingerprint density at radius 3 is 2.75 bits per heavy atom. The van der Waals surface area contributed by atoms with Crippen molar-refractivity contribution in [1.82, 2.24) is 9.97 Å². The molecule has 2 rings (SSSR count). The number of hydrogen-bond acceptors (Lipinski definition) is 6. The summed E-state index contributed by atoms with van der Waals surface area (Å²) < 4.78 is 5.96. The first-order valence-corrected chi connectivity index (χ1v) is 7.20. The van der Waals surface area contributed by atoms with Crippen molar-refractivity contribution in [2.75, 3.05) is 6.61 Å². The van der Waals surface area contributed by atoms with Crippen LogP contribution in [0.1, 0.15) is 11.3 Å². The summed E-state index contributed by atoms with van der Waals surface area (Å²) in [5, 5.41) is 19.6. The maximum atomic E-state index is 11.6. The maximum absolute atomic E-state index is 11.6. The lowest BCUT2D eigenvalue weighted by Gasteiger charge is -2.06. The van der Waals surface area contributed by atoms with Crippen LogP contribution < -0.4 is 16.0 Å². The molecule has 1 aromatic carbocycles. The molecule has 0 fully saturated rings. The number of halogens is 1. The summed E-state index contributed by atoms with van der Waals surface area (Å²) in [5.74, 6) is 0.367. The van der Waals surface area contributed by atoms with Gasteiger partial charge in [-0.3, -0.25) is 19.9 Å². The summed E-state index contributed by atoms with van der Waals surface area (Å²) in [6.07, 6.45) is 2.64. The van der Waals surface area contributed by atoms with Crippen molar-refractivity contribution in [3.05, 3.63) is 64.9 Å². The summed E-state index contributed by atoms with van der Waals surface area (Å²) in [6, 6.07) is 6.79. The highest BCUT2D eigenvalue weighted by molar-refractivity contribution is 9.10. The molecule has 2 N–H and O–H groups in total. The zero-order valence-corrected chi connectivity index (χ0v) is 13.5. The molecule has 0 bridgehead atoms. The summed E-state index contributed by atoms with van der Waals surface area (Å²) in [4.78, 5) is 37.0. The van der Waals surface area contributed by atoms with E-state index in [2.05, 4.69) is 20.9 Å². The number of benzene rings is 1. The molecule has 0 aliphatic heterocycles. The third-order valence-corrected chi connectivity index (χ3v) is 3.31. The highest BCUT2D eigenvalue weighted by Gasteiger charge is 2.18. The fraction of sp³-hybridized carbons (Fsp3) is 0.0714. The van der Waals surface area contributed by atoms with E-state index in [0.717, 1.165) is 0 Å². The number of rotatable bonds is 5. The minimum atomic E-state index is -1.10. The van der Waals surface area contributed by atoms with Gasteiger partial charge in [0, 0.05) is 10.0 Å². The number of nitro groups is 1. The van der Waals surface area contributed by atoms with Crippen LogP contribution >= 0.6 is 15.9 Å². The van der Waals surface area contributed by atoms with Crippen molar-refractivity contribution in [2.24, 2.45) is 0 Å². The number of nitrogens with zero attached hydrogens (tertiary/aromatic N) is 2. The van der Waals surface area contributed by atoms with Gasteiger partial charge in [-0.05, 0) is 30.4 Å². The quantitative estimate of drug-likeness (QED) is 0.586. The monoisotopic (exact) mass is 392 g/mol. The van der Waals surface area contributed by atoms with Gasteiger partial charge in [-0.2, -0.15) is 5.26 Å². The van der Waals surface area contributed by atoms with E-state index < -0.39 is 21.9 Å². The van der Waals surface area contributed by atoms with Crippen molar-refractivity contribution < 1.29 is 9.66 Å². The van der Waals surface area contributed by atoms with Crippen LogP contribution in [-0.2, 0) is 0 Å². The average Bonchev–Trinajstić information content (AvgIpc) is 2.50. The van der Waals surface area contributed by atoms with Crippen LogP contribution in [0.5, 0.6) is 5.75 Å². The van der Waals surface area contributed by atoms with E-state index in [-0.39, 0.29) is 12.3 Å². The summed E-state index contributed by atoms with van der Waals surface area (Å²) >= 11 is 3.28. The summed E-state index contributed by atoms with van der Waals surface area (Å²) in [7, 11) is 0. The Bertz CT molecular complexity index is 970. The zero-order valence-electron chi connectivity index (χ0n) is 11.9. The SMILES string of the molecule is N#CCOc1ccc(Br)cc1C=Cc1[nH]c(=O)[nH]c(=O)c1[N+](=O)[O-]. The molecule has 0 saturated heterocycles. The van der Waals surface area contributed by atoms with E-state index in [0.29, 0.717) is 15.8 Å². The van der Waals surface area contributed by atoms with Gasteiger partial charge in [0.1, 0.15) is 17.5 Å². The lowest BCUT2D eigenvalue weighted by atomic mass is 10.1. The molecule has 0 aliphatic rings. The third-order valence-electron chi connectivity index (χ3n) is 2.82. The molecule has 0 aliphatic carbocycles. The first kappa shape index (κ1) is 17.2. The van der Waals surface area contributed by atoms with E-state index in [9.17, 15) is 19.7 Å². The first-order chi connectivity index (χ1) is 11.4. The minimum absolute atomic E-state index is 0.176. The highest BCUT2D eigenvalue weighted by atomic mass is 79.9. The normalized spacial score (nSPS) is 10.5. The van der Waals surface area contributed by atoms with E-state index in [1.807, 2.05) is 6.07 Å². The van der Waals surface area contributed by atoms with Crippen LogP contribution in [0.3, 0.4) is 0 Å². The molecular weight excluding hydrogens is 384 g/mol. The second-order valence-corrected chi connectivity index (χ2v) is 5.31. The number of ether oxygens (including phenoxy) is 1. The van der Waals surface area contributed by atoms with Gasteiger partial charge >= 0.3 is 16.9 Å². The topological polar surface area (TPSA) is 142 Å². The Hall–Kier alpha value is -3.19. The number of aromatic amines is 2. The molecule has 1 heterocycles. The predicted octanol–water partition coefficient (Wildman–Crippen LogP) is 1.81. The molecule has 0 unspecified atom stereocenters. The first-order valence-electron chi connectivity index (χ1n) is 6.40. The lowest BCUT2D eigenvalue weighted by Crippen LogP contribution is -2.25.